The highest BCUT2D eigenvalue weighted by Gasteiger charge is 2.27. The van der Waals surface area contributed by atoms with Crippen LogP contribution >= 0.6 is 0 Å². The maximum Gasteiger partial charge on any atom is 0.569 e. The Morgan fingerprint density at radius 2 is 1.35 bits per heavy atom. The van der Waals surface area contributed by atoms with Crippen LogP contribution in [0.15, 0.2) is 54.6 Å². The van der Waals surface area contributed by atoms with Crippen LogP contribution in [0.1, 0.15) is 90.2 Å². The number of rotatable bonds is 18. The first kappa shape index (κ1) is 30.1. The van der Waals surface area contributed by atoms with Crippen LogP contribution in [0.5, 0.6) is 17.2 Å². The fourth-order valence-corrected chi connectivity index (χ4v) is 5.40. The molecule has 0 aliphatic heterocycles. The number of fused-ring (bicyclic) bond motifs is 1. The molecule has 40 heavy (non-hydrogen) atoms. The quantitative estimate of drug-likeness (QED) is 0.128. The zero-order valence-corrected chi connectivity index (χ0v) is 24.9. The van der Waals surface area contributed by atoms with E-state index in [-0.39, 0.29) is 0 Å². The van der Waals surface area contributed by atoms with Crippen molar-refractivity contribution in [2.75, 3.05) is 13.2 Å². The van der Waals surface area contributed by atoms with Crippen molar-refractivity contribution in [3.05, 3.63) is 65.7 Å². The molecule has 0 heterocycles. The van der Waals surface area contributed by atoms with Gasteiger partial charge in [-0.15, -0.1) is 0 Å². The van der Waals surface area contributed by atoms with E-state index in [4.69, 9.17) is 14.1 Å². The molecule has 1 radical (unpaired) electrons. The van der Waals surface area contributed by atoms with Crippen LogP contribution in [0.3, 0.4) is 0 Å². The summed E-state index contributed by atoms with van der Waals surface area (Å²) >= 11 is 0. The molecule has 2 unspecified atom stereocenters. The van der Waals surface area contributed by atoms with E-state index in [0.29, 0.717) is 17.6 Å². The molecule has 1 N–H and O–H groups in total. The summed E-state index contributed by atoms with van der Waals surface area (Å²) in [6.07, 6.45) is 10.7. The lowest BCUT2D eigenvalue weighted by molar-refractivity contribution is 0.233. The van der Waals surface area contributed by atoms with Crippen LogP contribution in [0.25, 0.3) is 22.3 Å². The smallest absolute Gasteiger partial charge is 0.537 e. The van der Waals surface area contributed by atoms with Crippen molar-refractivity contribution in [1.82, 2.24) is 0 Å². The third-order valence-electron chi connectivity index (χ3n) is 8.26. The van der Waals surface area contributed by atoms with Crippen LogP contribution in [0, 0.1) is 11.8 Å². The van der Waals surface area contributed by atoms with Gasteiger partial charge < -0.3 is 19.2 Å². The minimum Gasteiger partial charge on any atom is -0.537 e. The number of benzene rings is 3. The van der Waals surface area contributed by atoms with Crippen molar-refractivity contribution < 1.29 is 19.2 Å². The lowest BCUT2D eigenvalue weighted by Crippen LogP contribution is -2.11. The minimum atomic E-state index is 0.602. The Balaban J connectivity index is 1.49. The third kappa shape index (κ3) is 8.07. The lowest BCUT2D eigenvalue weighted by atomic mass is 9.97. The molecule has 1 aliphatic rings. The van der Waals surface area contributed by atoms with E-state index in [1.54, 1.807) is 0 Å². The predicted molar refractivity (Wildman–Crippen MR) is 166 cm³/mol. The van der Waals surface area contributed by atoms with E-state index >= 15 is 0 Å². The fourth-order valence-electron chi connectivity index (χ4n) is 5.40. The van der Waals surface area contributed by atoms with Crippen LogP contribution in [-0.4, -0.2) is 25.9 Å². The van der Waals surface area contributed by atoms with Crippen molar-refractivity contribution in [1.29, 1.82) is 0 Å². The highest BCUT2D eigenvalue weighted by Crippen LogP contribution is 2.45. The number of hydrogen-bond acceptors (Lipinski definition) is 4. The molecule has 0 saturated heterocycles. The van der Waals surface area contributed by atoms with Gasteiger partial charge in [0.2, 0.25) is 0 Å². The standard InChI is InChI=1S/C35H46BO4/c1-5-9-11-25(7-3)23-38-30-15-13-27(14-16-30)28-19-29(21-31(20-28)40-36-37)32-17-18-35(34-22-33(32)34)39-24-26(8-4)12-10-6-2/h13-21,25-26,37H,5-12,22-24H2,1-4H3. The predicted octanol–water partition coefficient (Wildman–Crippen LogP) is 9.02. The number of ether oxygens (including phenoxy) is 2. The van der Waals surface area contributed by atoms with Crippen molar-refractivity contribution >= 4 is 7.69 Å². The molecular weight excluding hydrogens is 495 g/mol. The SMILES string of the molecule is CCCCC(CC)COc1ccc(-c2cc(O[B]O)cc(-c3ccc(OCC(CC)CCCC)c4c3C4)c2)cc1. The lowest BCUT2D eigenvalue weighted by Gasteiger charge is -2.16. The van der Waals surface area contributed by atoms with Gasteiger partial charge in [-0.25, -0.2) is 0 Å². The van der Waals surface area contributed by atoms with Gasteiger partial charge in [-0.3, -0.25) is 0 Å². The van der Waals surface area contributed by atoms with Crippen molar-refractivity contribution in [2.24, 2.45) is 11.8 Å². The minimum absolute atomic E-state index is 0.602. The Hall–Kier alpha value is -2.92. The van der Waals surface area contributed by atoms with Gasteiger partial charge in [0, 0.05) is 12.0 Å². The summed E-state index contributed by atoms with van der Waals surface area (Å²) in [4.78, 5) is 0. The second kappa shape index (κ2) is 15.2. The Bertz CT molecular complexity index is 1210. The van der Waals surface area contributed by atoms with Crippen LogP contribution in [0.2, 0.25) is 0 Å². The molecule has 0 aromatic heterocycles. The Kier molecular flexibility index (Phi) is 11.4. The van der Waals surface area contributed by atoms with E-state index in [2.05, 4.69) is 58.0 Å². The van der Waals surface area contributed by atoms with E-state index < -0.39 is 0 Å². The molecule has 0 saturated carbocycles. The molecule has 4 rings (SSSR count). The van der Waals surface area contributed by atoms with E-state index in [0.717, 1.165) is 68.4 Å². The van der Waals surface area contributed by atoms with Crippen molar-refractivity contribution in [3.8, 4) is 39.5 Å². The molecule has 0 fully saturated rings. The largest absolute Gasteiger partial charge is 0.569 e. The topological polar surface area (TPSA) is 47.9 Å². The Morgan fingerprint density at radius 3 is 1.98 bits per heavy atom. The van der Waals surface area contributed by atoms with Gasteiger partial charge in [-0.05, 0) is 88.9 Å². The van der Waals surface area contributed by atoms with Gasteiger partial charge in [0.25, 0.3) is 0 Å². The van der Waals surface area contributed by atoms with Gasteiger partial charge >= 0.3 is 7.69 Å². The highest BCUT2D eigenvalue weighted by atomic mass is 16.5. The molecule has 5 heteroatoms. The molecule has 3 aromatic carbocycles. The monoisotopic (exact) mass is 541 g/mol. The second-order valence-electron chi connectivity index (χ2n) is 11.2. The zero-order valence-electron chi connectivity index (χ0n) is 24.9. The first-order valence-electron chi connectivity index (χ1n) is 15.4. The van der Waals surface area contributed by atoms with Gasteiger partial charge in [0.1, 0.15) is 17.2 Å². The highest BCUT2D eigenvalue weighted by molar-refractivity contribution is 6.17. The summed E-state index contributed by atoms with van der Waals surface area (Å²) in [5, 5.41) is 9.36. The molecule has 2 atom stereocenters. The molecule has 0 spiro atoms. The normalized spacial score (nSPS) is 13.3. The summed E-state index contributed by atoms with van der Waals surface area (Å²) in [5.41, 5.74) is 7.04. The zero-order chi connectivity index (χ0) is 28.3. The van der Waals surface area contributed by atoms with Crippen LogP contribution in [-0.2, 0) is 6.42 Å². The molecule has 3 aromatic rings. The summed E-state index contributed by atoms with van der Waals surface area (Å²) in [7, 11) is 0.744. The first-order chi connectivity index (χ1) is 19.6. The van der Waals surface area contributed by atoms with E-state index in [1.807, 2.05) is 24.3 Å². The van der Waals surface area contributed by atoms with Crippen molar-refractivity contribution in [3.63, 3.8) is 0 Å². The van der Waals surface area contributed by atoms with Gasteiger partial charge in [-0.2, -0.15) is 0 Å². The van der Waals surface area contributed by atoms with Crippen LogP contribution < -0.4 is 14.1 Å². The number of unbranched alkanes of at least 4 members (excludes halogenated alkanes) is 2. The Morgan fingerprint density at radius 1 is 0.700 bits per heavy atom. The maximum atomic E-state index is 9.36. The molecule has 0 bridgehead atoms. The van der Waals surface area contributed by atoms with Crippen molar-refractivity contribution in [2.45, 2.75) is 85.5 Å². The molecule has 4 nitrogen and oxygen atoms in total. The fraction of sp³-hybridized carbons (Fsp3) is 0.486. The average molecular weight is 542 g/mol. The summed E-state index contributed by atoms with van der Waals surface area (Å²) in [5.74, 6) is 3.75. The van der Waals surface area contributed by atoms with Gasteiger partial charge in [-0.1, -0.05) is 84.4 Å². The van der Waals surface area contributed by atoms with Gasteiger partial charge in [0.15, 0.2) is 0 Å². The second-order valence-corrected chi connectivity index (χ2v) is 11.2. The third-order valence-corrected chi connectivity index (χ3v) is 8.26. The molecule has 0 amide bonds. The number of hydrogen-bond donors (Lipinski definition) is 1. The van der Waals surface area contributed by atoms with E-state index in [9.17, 15) is 5.02 Å². The van der Waals surface area contributed by atoms with E-state index in [1.165, 1.54) is 55.2 Å². The van der Waals surface area contributed by atoms with Gasteiger partial charge in [0.05, 0.1) is 13.2 Å². The maximum absolute atomic E-state index is 9.36. The molecule has 1 aliphatic carbocycles. The summed E-state index contributed by atoms with van der Waals surface area (Å²) in [6, 6.07) is 18.7. The van der Waals surface area contributed by atoms with Crippen LogP contribution in [0.4, 0.5) is 0 Å². The average Bonchev–Trinajstić information content (AvgIpc) is 3.79. The molecular formula is C35H46BO4. The summed E-state index contributed by atoms with van der Waals surface area (Å²) < 4.78 is 17.8. The Labute approximate surface area is 242 Å². The molecule has 213 valence electrons. The summed E-state index contributed by atoms with van der Waals surface area (Å²) in [6.45, 7) is 10.5. The first-order valence-corrected chi connectivity index (χ1v) is 15.4.